The van der Waals surface area contributed by atoms with E-state index >= 15 is 0 Å². The summed E-state index contributed by atoms with van der Waals surface area (Å²) in [6.07, 6.45) is 5.11. The van der Waals surface area contributed by atoms with E-state index < -0.39 is 0 Å². The van der Waals surface area contributed by atoms with E-state index in [0.29, 0.717) is 23.6 Å². The first-order valence-electron chi connectivity index (χ1n) is 6.82. The summed E-state index contributed by atoms with van der Waals surface area (Å²) in [6.45, 7) is 0.704. The molecule has 0 heterocycles. The van der Waals surface area contributed by atoms with Gasteiger partial charge in [0.1, 0.15) is 5.75 Å². The molecule has 19 heavy (non-hydrogen) atoms. The zero-order chi connectivity index (χ0) is 13.8. The molecule has 0 unspecified atom stereocenters. The number of amides is 1. The van der Waals surface area contributed by atoms with Crippen molar-refractivity contribution in [2.24, 2.45) is 5.92 Å². The van der Waals surface area contributed by atoms with Crippen LogP contribution in [0.1, 0.15) is 36.0 Å². The van der Waals surface area contributed by atoms with Crippen LogP contribution >= 0.6 is 0 Å². The number of ether oxygens (including phenoxy) is 1. The monoisotopic (exact) mass is 262 g/mol. The van der Waals surface area contributed by atoms with E-state index in [0.717, 1.165) is 12.3 Å². The normalized spacial score (nSPS) is 14.8. The van der Waals surface area contributed by atoms with Crippen LogP contribution in [0.2, 0.25) is 0 Å². The molecular weight excluding hydrogens is 240 g/mol. The average Bonchev–Trinajstić information content (AvgIpc) is 2.32. The smallest absolute Gasteiger partial charge is 0.253 e. The molecule has 1 aliphatic rings. The first-order valence-corrected chi connectivity index (χ1v) is 6.82. The van der Waals surface area contributed by atoms with Gasteiger partial charge < -0.3 is 15.4 Å². The predicted molar refractivity (Wildman–Crippen MR) is 76.3 cm³/mol. The lowest BCUT2D eigenvalue weighted by molar-refractivity contribution is 0.0827. The van der Waals surface area contributed by atoms with Gasteiger partial charge in [0.2, 0.25) is 0 Å². The van der Waals surface area contributed by atoms with Gasteiger partial charge in [0.15, 0.2) is 0 Å². The fourth-order valence-corrected chi connectivity index (χ4v) is 2.19. The lowest BCUT2D eigenvalue weighted by Crippen LogP contribution is -2.21. The maximum Gasteiger partial charge on any atom is 0.253 e. The van der Waals surface area contributed by atoms with Crippen LogP contribution in [-0.2, 0) is 0 Å². The van der Waals surface area contributed by atoms with E-state index in [2.05, 4.69) is 0 Å². The maximum atomic E-state index is 11.8. The molecule has 1 amide bonds. The van der Waals surface area contributed by atoms with Gasteiger partial charge in [-0.2, -0.15) is 0 Å². The van der Waals surface area contributed by atoms with Crippen molar-refractivity contribution < 1.29 is 9.53 Å². The zero-order valence-corrected chi connectivity index (χ0v) is 11.7. The molecule has 0 atom stereocenters. The second-order valence-electron chi connectivity index (χ2n) is 5.39. The molecule has 1 saturated carbocycles. The highest BCUT2D eigenvalue weighted by molar-refractivity contribution is 5.95. The molecule has 1 fully saturated rings. The van der Waals surface area contributed by atoms with Crippen LogP contribution in [0.5, 0.6) is 5.75 Å². The molecule has 0 aliphatic heterocycles. The van der Waals surface area contributed by atoms with Gasteiger partial charge in [-0.25, -0.2) is 0 Å². The fraction of sp³-hybridized carbons (Fsp3) is 0.533. The molecule has 0 saturated heterocycles. The van der Waals surface area contributed by atoms with Crippen LogP contribution in [0.25, 0.3) is 0 Å². The summed E-state index contributed by atoms with van der Waals surface area (Å²) in [4.78, 5) is 13.3. The van der Waals surface area contributed by atoms with E-state index in [1.54, 1.807) is 32.3 Å². The quantitative estimate of drug-likeness (QED) is 0.830. The molecular formula is C15H22N2O2. The number of hydrogen-bond acceptors (Lipinski definition) is 3. The molecule has 2 N–H and O–H groups in total. The van der Waals surface area contributed by atoms with E-state index in [4.69, 9.17) is 10.5 Å². The number of nitrogen functional groups attached to an aromatic ring is 1. The van der Waals surface area contributed by atoms with Crippen LogP contribution in [0.4, 0.5) is 5.69 Å². The third-order valence-electron chi connectivity index (χ3n) is 3.67. The molecule has 104 valence electrons. The Bertz CT molecular complexity index is 453. The van der Waals surface area contributed by atoms with E-state index in [1.165, 1.54) is 24.2 Å². The first-order chi connectivity index (χ1) is 9.08. The van der Waals surface area contributed by atoms with Crippen molar-refractivity contribution in [2.45, 2.75) is 25.7 Å². The van der Waals surface area contributed by atoms with Crippen molar-refractivity contribution in [1.82, 2.24) is 4.90 Å². The van der Waals surface area contributed by atoms with Crippen LogP contribution < -0.4 is 10.5 Å². The number of anilines is 1. The SMILES string of the molecule is CN(C)C(=O)c1ccc(OCCC2CCC2)c(N)c1. The van der Waals surface area contributed by atoms with Gasteiger partial charge in [-0.1, -0.05) is 19.3 Å². The van der Waals surface area contributed by atoms with Crippen molar-refractivity contribution in [3.8, 4) is 5.75 Å². The second-order valence-corrected chi connectivity index (χ2v) is 5.39. The summed E-state index contributed by atoms with van der Waals surface area (Å²) in [7, 11) is 3.45. The third-order valence-corrected chi connectivity index (χ3v) is 3.67. The molecule has 0 bridgehead atoms. The maximum absolute atomic E-state index is 11.8. The largest absolute Gasteiger partial charge is 0.491 e. The minimum Gasteiger partial charge on any atom is -0.491 e. The molecule has 1 aromatic rings. The highest BCUT2D eigenvalue weighted by Gasteiger charge is 2.17. The number of carbonyl (C=O) groups excluding carboxylic acids is 1. The number of benzene rings is 1. The Labute approximate surface area is 114 Å². The van der Waals surface area contributed by atoms with Crippen LogP contribution in [0.3, 0.4) is 0 Å². The minimum atomic E-state index is -0.0484. The van der Waals surface area contributed by atoms with E-state index in [-0.39, 0.29) is 5.91 Å². The Hall–Kier alpha value is -1.71. The van der Waals surface area contributed by atoms with Crippen molar-refractivity contribution in [3.63, 3.8) is 0 Å². The summed E-state index contributed by atoms with van der Waals surface area (Å²) < 4.78 is 5.69. The third kappa shape index (κ3) is 3.40. The summed E-state index contributed by atoms with van der Waals surface area (Å²) >= 11 is 0. The zero-order valence-electron chi connectivity index (χ0n) is 11.7. The van der Waals surface area contributed by atoms with Crippen molar-refractivity contribution in [1.29, 1.82) is 0 Å². The molecule has 4 heteroatoms. The van der Waals surface area contributed by atoms with Crippen LogP contribution in [0.15, 0.2) is 18.2 Å². The Morgan fingerprint density at radius 2 is 2.16 bits per heavy atom. The molecule has 0 aromatic heterocycles. The van der Waals surface area contributed by atoms with E-state index in [1.807, 2.05) is 0 Å². The Kier molecular flexibility index (Phi) is 4.30. The van der Waals surface area contributed by atoms with Crippen molar-refractivity contribution >= 4 is 11.6 Å². The fourth-order valence-electron chi connectivity index (χ4n) is 2.19. The second kappa shape index (κ2) is 5.95. The lowest BCUT2D eigenvalue weighted by Gasteiger charge is -2.25. The first kappa shape index (κ1) is 13.7. The van der Waals surface area contributed by atoms with Gasteiger partial charge in [-0.3, -0.25) is 4.79 Å². The number of nitrogens with zero attached hydrogens (tertiary/aromatic N) is 1. The van der Waals surface area contributed by atoms with E-state index in [9.17, 15) is 4.79 Å². The number of hydrogen-bond donors (Lipinski definition) is 1. The van der Waals surface area contributed by atoms with Crippen molar-refractivity contribution in [2.75, 3.05) is 26.4 Å². The summed E-state index contributed by atoms with van der Waals surface area (Å²) in [5.41, 5.74) is 7.05. The number of nitrogens with two attached hydrogens (primary N) is 1. The molecule has 1 aliphatic carbocycles. The van der Waals surface area contributed by atoms with Gasteiger partial charge in [-0.05, 0) is 30.5 Å². The molecule has 0 spiro atoms. The Morgan fingerprint density at radius 1 is 1.42 bits per heavy atom. The molecule has 0 radical (unpaired) electrons. The standard InChI is InChI=1S/C15H22N2O2/c1-17(2)15(18)12-6-7-14(13(16)10-12)19-9-8-11-4-3-5-11/h6-7,10-11H,3-5,8-9,16H2,1-2H3. The van der Waals surface area contributed by atoms with Gasteiger partial charge in [0, 0.05) is 19.7 Å². The predicted octanol–water partition coefficient (Wildman–Crippen LogP) is 2.54. The summed E-state index contributed by atoms with van der Waals surface area (Å²) in [6, 6.07) is 5.23. The molecule has 1 aromatic carbocycles. The van der Waals surface area contributed by atoms with Crippen LogP contribution in [0, 0.1) is 5.92 Å². The Balaban J connectivity index is 1.92. The average molecular weight is 262 g/mol. The summed E-state index contributed by atoms with van der Waals surface area (Å²) in [5.74, 6) is 1.46. The van der Waals surface area contributed by atoms with Gasteiger partial charge >= 0.3 is 0 Å². The highest BCUT2D eigenvalue weighted by atomic mass is 16.5. The Morgan fingerprint density at radius 3 is 2.68 bits per heavy atom. The van der Waals surface area contributed by atoms with Gasteiger partial charge in [0.25, 0.3) is 5.91 Å². The number of carbonyl (C=O) groups is 1. The molecule has 2 rings (SSSR count). The minimum absolute atomic E-state index is 0.0484. The number of rotatable bonds is 5. The van der Waals surface area contributed by atoms with Gasteiger partial charge in [-0.15, -0.1) is 0 Å². The van der Waals surface area contributed by atoms with Gasteiger partial charge in [0.05, 0.1) is 12.3 Å². The lowest BCUT2D eigenvalue weighted by atomic mass is 9.83. The summed E-state index contributed by atoms with van der Waals surface area (Å²) in [5, 5.41) is 0. The topological polar surface area (TPSA) is 55.6 Å². The van der Waals surface area contributed by atoms with Crippen LogP contribution in [-0.4, -0.2) is 31.5 Å². The van der Waals surface area contributed by atoms with Crippen molar-refractivity contribution in [3.05, 3.63) is 23.8 Å². The molecule has 4 nitrogen and oxygen atoms in total. The highest BCUT2D eigenvalue weighted by Crippen LogP contribution is 2.30.